The number of pyridine rings is 1. The maximum absolute atomic E-state index is 15.2. The van der Waals surface area contributed by atoms with E-state index in [4.69, 9.17) is 26.6 Å². The smallest absolute Gasteiger partial charge is 0.349 e. The molecule has 240 valence electrons. The average molecular weight is 644 g/mol. The molecule has 2 atom stereocenters. The molecule has 0 radical (unpaired) electrons. The zero-order valence-corrected chi connectivity index (χ0v) is 27.8. The van der Waals surface area contributed by atoms with E-state index in [0.717, 1.165) is 30.1 Å². The molecule has 1 aliphatic heterocycles. The maximum Gasteiger partial charge on any atom is 0.355 e. The van der Waals surface area contributed by atoms with Crippen LogP contribution in [0.4, 0.5) is 10.2 Å². The van der Waals surface area contributed by atoms with Crippen LogP contribution in [0.3, 0.4) is 0 Å². The summed E-state index contributed by atoms with van der Waals surface area (Å²) in [5, 5.41) is 0.753. The normalized spacial score (nSPS) is 18.6. The first-order valence-electron chi connectivity index (χ1n) is 15.9. The van der Waals surface area contributed by atoms with E-state index in [1.165, 1.54) is 16.7 Å². The van der Waals surface area contributed by atoms with Gasteiger partial charge in [-0.2, -0.15) is 4.98 Å². The molecule has 11 heteroatoms. The Morgan fingerprint density at radius 1 is 1.00 bits per heavy atom. The van der Waals surface area contributed by atoms with Crippen molar-refractivity contribution >= 4 is 34.4 Å². The van der Waals surface area contributed by atoms with E-state index < -0.39 is 11.5 Å². The number of anilines is 1. The highest BCUT2D eigenvalue weighted by Crippen LogP contribution is 2.41. The fraction of sp³-hybridized carbons (Fsp3) is 0.429. The summed E-state index contributed by atoms with van der Waals surface area (Å²) in [4.78, 5) is 50.5. The molecular weight excluding hydrogens is 605 g/mol. The molecule has 1 aliphatic carbocycles. The maximum atomic E-state index is 15.2. The van der Waals surface area contributed by atoms with Crippen LogP contribution in [-0.2, 0) is 4.79 Å². The Bertz CT molecular complexity index is 1890. The van der Waals surface area contributed by atoms with Crippen molar-refractivity contribution in [3.63, 3.8) is 0 Å². The molecule has 9 nitrogen and oxygen atoms in total. The molecular formula is C35H39ClFN7O2. The first-order valence-corrected chi connectivity index (χ1v) is 16.3. The van der Waals surface area contributed by atoms with Gasteiger partial charge in [-0.15, -0.1) is 0 Å². The number of fused-ring (bicyclic) bond motifs is 1. The molecule has 4 aromatic rings. The van der Waals surface area contributed by atoms with Crippen molar-refractivity contribution in [1.29, 1.82) is 0 Å². The van der Waals surface area contributed by atoms with Gasteiger partial charge in [0.1, 0.15) is 17.5 Å². The molecule has 1 saturated carbocycles. The molecule has 4 heterocycles. The number of piperazine rings is 1. The molecule has 2 unspecified atom stereocenters. The van der Waals surface area contributed by atoms with Crippen molar-refractivity contribution in [2.24, 2.45) is 0 Å². The topological polar surface area (TPSA) is 97.1 Å². The SMILES string of the molecule is C=CC(=O)N1CC(C)N(c2nc(=O)n(-c3c(C(C)C)nc(C4CC4)nc3C(C)C)c3nc(-c4ccccc4F)c(Cl)cc23)CC1C. The quantitative estimate of drug-likeness (QED) is 0.205. The van der Waals surface area contributed by atoms with Gasteiger partial charge in [-0.25, -0.2) is 28.7 Å². The van der Waals surface area contributed by atoms with Crippen LogP contribution in [0.1, 0.15) is 89.4 Å². The summed E-state index contributed by atoms with van der Waals surface area (Å²) in [5.74, 6) is 0.821. The number of hydrogen-bond acceptors (Lipinski definition) is 7. The number of rotatable bonds is 7. The van der Waals surface area contributed by atoms with Gasteiger partial charge >= 0.3 is 5.69 Å². The van der Waals surface area contributed by atoms with Crippen molar-refractivity contribution in [3.8, 4) is 16.9 Å². The van der Waals surface area contributed by atoms with Crippen LogP contribution in [0, 0.1) is 5.82 Å². The van der Waals surface area contributed by atoms with Gasteiger partial charge in [0.05, 0.1) is 33.2 Å². The van der Waals surface area contributed by atoms with Gasteiger partial charge in [-0.3, -0.25) is 4.79 Å². The highest BCUT2D eigenvalue weighted by molar-refractivity contribution is 6.33. The van der Waals surface area contributed by atoms with Crippen LogP contribution in [0.2, 0.25) is 5.02 Å². The van der Waals surface area contributed by atoms with E-state index in [1.807, 2.05) is 46.4 Å². The Balaban J connectivity index is 1.67. The molecule has 46 heavy (non-hydrogen) atoms. The third kappa shape index (κ3) is 5.57. The van der Waals surface area contributed by atoms with Gasteiger partial charge < -0.3 is 9.80 Å². The first-order chi connectivity index (χ1) is 21.9. The summed E-state index contributed by atoms with van der Waals surface area (Å²) < 4.78 is 16.7. The standard InChI is InChI=1S/C35H39ClFN7O2/c1-8-27(45)42-16-21(7)43(17-20(42)6)33-24-15-25(36)30(23-11-9-10-12-26(23)37)40-34(24)44(35(46)41-33)31-28(18(2)3)38-32(22-13-14-22)39-29(31)19(4)5/h8-12,15,18-22H,1,13-14,16-17H2,2-7H3. The molecule has 0 bridgehead atoms. The Kier molecular flexibility index (Phi) is 8.43. The molecule has 1 saturated heterocycles. The van der Waals surface area contributed by atoms with Crippen LogP contribution >= 0.6 is 11.6 Å². The number of halogens is 2. The summed E-state index contributed by atoms with van der Waals surface area (Å²) >= 11 is 6.88. The van der Waals surface area contributed by atoms with Crippen molar-refractivity contribution in [1.82, 2.24) is 29.4 Å². The number of nitrogens with zero attached hydrogens (tertiary/aromatic N) is 7. The van der Waals surface area contributed by atoms with Crippen LogP contribution in [0.25, 0.3) is 28.0 Å². The molecule has 2 fully saturated rings. The predicted octanol–water partition coefficient (Wildman–Crippen LogP) is 6.77. The van der Waals surface area contributed by atoms with E-state index in [9.17, 15) is 9.59 Å². The molecule has 2 aliphatic rings. The lowest BCUT2D eigenvalue weighted by atomic mass is 10.0. The van der Waals surface area contributed by atoms with Gasteiger partial charge in [0.25, 0.3) is 0 Å². The number of carbonyl (C=O) groups excluding carboxylic acids is 1. The van der Waals surface area contributed by atoms with Gasteiger partial charge in [0.2, 0.25) is 5.91 Å². The summed E-state index contributed by atoms with van der Waals surface area (Å²) in [6, 6.07) is 7.65. The van der Waals surface area contributed by atoms with Gasteiger partial charge in [0, 0.05) is 36.7 Å². The van der Waals surface area contributed by atoms with Crippen molar-refractivity contribution in [3.05, 3.63) is 81.5 Å². The van der Waals surface area contributed by atoms with E-state index in [-0.39, 0.29) is 51.8 Å². The lowest BCUT2D eigenvalue weighted by Crippen LogP contribution is -2.58. The van der Waals surface area contributed by atoms with Crippen molar-refractivity contribution in [2.45, 2.75) is 84.2 Å². The van der Waals surface area contributed by atoms with E-state index in [1.54, 1.807) is 29.2 Å². The molecule has 6 rings (SSSR count). The zero-order chi connectivity index (χ0) is 33.0. The van der Waals surface area contributed by atoms with Crippen LogP contribution in [0.15, 0.2) is 47.8 Å². The fourth-order valence-electron chi connectivity index (χ4n) is 6.28. The van der Waals surface area contributed by atoms with E-state index in [0.29, 0.717) is 35.9 Å². The molecule has 1 aromatic carbocycles. The largest absolute Gasteiger partial charge is 0.355 e. The van der Waals surface area contributed by atoms with Crippen molar-refractivity contribution < 1.29 is 9.18 Å². The predicted molar refractivity (Wildman–Crippen MR) is 179 cm³/mol. The minimum atomic E-state index is -0.548. The molecule has 3 aromatic heterocycles. The molecule has 0 N–H and O–H groups in total. The van der Waals surface area contributed by atoms with Gasteiger partial charge in [-0.1, -0.05) is 58.0 Å². The summed E-state index contributed by atoms with van der Waals surface area (Å²) in [5.41, 5.74) is 2.21. The number of aromatic nitrogens is 5. The number of amides is 1. The van der Waals surface area contributed by atoms with Crippen LogP contribution < -0.4 is 10.6 Å². The highest BCUT2D eigenvalue weighted by atomic mass is 35.5. The minimum absolute atomic E-state index is 0.0377. The Labute approximate surface area is 273 Å². The van der Waals surface area contributed by atoms with Crippen LogP contribution in [0.5, 0.6) is 0 Å². The Morgan fingerprint density at radius 3 is 2.24 bits per heavy atom. The lowest BCUT2D eigenvalue weighted by Gasteiger charge is -2.44. The Hall–Kier alpha value is -4.18. The summed E-state index contributed by atoms with van der Waals surface area (Å²) in [6.45, 7) is 16.6. The minimum Gasteiger partial charge on any atom is -0.349 e. The number of carbonyl (C=O) groups is 1. The van der Waals surface area contributed by atoms with E-state index >= 15 is 4.39 Å². The average Bonchev–Trinajstić information content (AvgIpc) is 3.87. The fourth-order valence-corrected chi connectivity index (χ4v) is 6.53. The zero-order valence-electron chi connectivity index (χ0n) is 27.1. The second kappa shape index (κ2) is 12.2. The van der Waals surface area contributed by atoms with E-state index in [2.05, 4.69) is 11.6 Å². The van der Waals surface area contributed by atoms with Crippen molar-refractivity contribution in [2.75, 3.05) is 18.0 Å². The molecule has 1 amide bonds. The van der Waals surface area contributed by atoms with Gasteiger partial charge in [-0.05, 0) is 62.8 Å². The summed E-state index contributed by atoms with van der Waals surface area (Å²) in [6.07, 6.45) is 3.40. The first kappa shape index (κ1) is 31.8. The highest BCUT2D eigenvalue weighted by Gasteiger charge is 2.35. The lowest BCUT2D eigenvalue weighted by molar-refractivity contribution is -0.128. The Morgan fingerprint density at radius 2 is 1.65 bits per heavy atom. The number of hydrogen-bond donors (Lipinski definition) is 0. The van der Waals surface area contributed by atoms with Gasteiger partial charge in [0.15, 0.2) is 5.65 Å². The third-order valence-corrected chi connectivity index (χ3v) is 9.15. The number of benzene rings is 1. The summed E-state index contributed by atoms with van der Waals surface area (Å²) in [7, 11) is 0. The third-order valence-electron chi connectivity index (χ3n) is 8.86. The second-order valence-electron chi connectivity index (χ2n) is 13.1. The monoisotopic (exact) mass is 643 g/mol. The second-order valence-corrected chi connectivity index (χ2v) is 13.5. The van der Waals surface area contributed by atoms with Crippen LogP contribution in [-0.4, -0.2) is 60.5 Å². The molecule has 0 spiro atoms.